The van der Waals surface area contributed by atoms with E-state index in [4.69, 9.17) is 0 Å². The molecule has 2 aliphatic heterocycles. The van der Waals surface area contributed by atoms with Gasteiger partial charge in [0.15, 0.2) is 11.6 Å². The molecule has 2 aromatic rings. The molecule has 5 nitrogen and oxygen atoms in total. The second-order valence-electron chi connectivity index (χ2n) is 7.14. The maximum atomic E-state index is 14.5. The van der Waals surface area contributed by atoms with Gasteiger partial charge in [0.1, 0.15) is 5.69 Å². The van der Waals surface area contributed by atoms with E-state index in [1.807, 2.05) is 0 Å². The maximum absolute atomic E-state index is 14.5. The van der Waals surface area contributed by atoms with Crippen LogP contribution in [0.3, 0.4) is 0 Å². The summed E-state index contributed by atoms with van der Waals surface area (Å²) in [6.07, 6.45) is 3.11. The minimum absolute atomic E-state index is 0.0270. The van der Waals surface area contributed by atoms with Crippen molar-refractivity contribution >= 4 is 28.9 Å². The molecule has 2 amide bonds. The fraction of sp³-hybridized carbons (Fsp3) is 0.333. The Kier molecular flexibility index (Phi) is 4.98. The van der Waals surface area contributed by atoms with E-state index < -0.39 is 17.5 Å². The first-order valence-corrected chi connectivity index (χ1v) is 9.49. The molecule has 1 N–H and O–H groups in total. The van der Waals surface area contributed by atoms with Crippen molar-refractivity contribution in [2.75, 3.05) is 34.8 Å². The van der Waals surface area contributed by atoms with Gasteiger partial charge in [0.05, 0.1) is 0 Å². The monoisotopic (exact) mass is 385 g/mol. The predicted molar refractivity (Wildman–Crippen MR) is 104 cm³/mol. The zero-order chi connectivity index (χ0) is 19.7. The van der Waals surface area contributed by atoms with Crippen molar-refractivity contribution in [1.29, 1.82) is 0 Å². The van der Waals surface area contributed by atoms with Gasteiger partial charge in [-0.3, -0.25) is 9.59 Å². The second-order valence-corrected chi connectivity index (χ2v) is 7.14. The highest BCUT2D eigenvalue weighted by molar-refractivity contribution is 6.05. The number of anilines is 3. The van der Waals surface area contributed by atoms with Crippen LogP contribution in [0, 0.1) is 11.6 Å². The fourth-order valence-electron chi connectivity index (χ4n) is 3.82. The van der Waals surface area contributed by atoms with E-state index in [1.165, 1.54) is 0 Å². The van der Waals surface area contributed by atoms with E-state index in [9.17, 15) is 18.4 Å². The molecule has 0 spiro atoms. The van der Waals surface area contributed by atoms with Crippen LogP contribution < -0.4 is 15.1 Å². The number of nitrogens with zero attached hydrogens (tertiary/aromatic N) is 2. The van der Waals surface area contributed by atoms with Gasteiger partial charge in [0, 0.05) is 43.0 Å². The van der Waals surface area contributed by atoms with Gasteiger partial charge < -0.3 is 15.1 Å². The Balaban J connectivity index is 1.53. The average Bonchev–Trinajstić information content (AvgIpc) is 3.33. The van der Waals surface area contributed by atoms with Crippen LogP contribution in [0.4, 0.5) is 25.8 Å². The number of nitrogens with one attached hydrogen (secondary N) is 1. The Morgan fingerprint density at radius 1 is 0.964 bits per heavy atom. The lowest BCUT2D eigenvalue weighted by molar-refractivity contribution is -0.117. The van der Waals surface area contributed by atoms with Gasteiger partial charge in [0.2, 0.25) is 5.91 Å². The maximum Gasteiger partial charge on any atom is 0.255 e. The summed E-state index contributed by atoms with van der Waals surface area (Å²) < 4.78 is 28.9. The minimum Gasteiger partial charge on any atom is -0.367 e. The lowest BCUT2D eigenvalue weighted by Gasteiger charge is -2.20. The van der Waals surface area contributed by atoms with Crippen molar-refractivity contribution < 1.29 is 18.4 Å². The van der Waals surface area contributed by atoms with Gasteiger partial charge in [-0.05, 0) is 49.6 Å². The third kappa shape index (κ3) is 3.56. The zero-order valence-electron chi connectivity index (χ0n) is 15.4. The van der Waals surface area contributed by atoms with Crippen LogP contribution >= 0.6 is 0 Å². The summed E-state index contributed by atoms with van der Waals surface area (Å²) in [6.45, 7) is 1.88. The number of amides is 2. The summed E-state index contributed by atoms with van der Waals surface area (Å²) in [4.78, 5) is 27.8. The molecule has 0 unspecified atom stereocenters. The van der Waals surface area contributed by atoms with Crippen molar-refractivity contribution in [3.63, 3.8) is 0 Å². The summed E-state index contributed by atoms with van der Waals surface area (Å²) in [7, 11) is 0. The normalized spacial score (nSPS) is 16.7. The van der Waals surface area contributed by atoms with E-state index in [1.54, 1.807) is 34.1 Å². The standard InChI is InChI=1S/C21H21F2N3O2/c22-17-12-15(13-18(23)20(17)25-8-1-2-9-25)24-21(28)14-5-3-6-16(11-14)26-10-4-7-19(26)27/h3,5-6,11-13H,1-2,4,7-10H2,(H,24,28). The largest absolute Gasteiger partial charge is 0.367 e. The minimum atomic E-state index is -0.686. The first kappa shape index (κ1) is 18.4. The highest BCUT2D eigenvalue weighted by atomic mass is 19.1. The first-order chi connectivity index (χ1) is 13.5. The summed E-state index contributed by atoms with van der Waals surface area (Å²) in [5.74, 6) is -1.83. The van der Waals surface area contributed by atoms with Gasteiger partial charge in [-0.15, -0.1) is 0 Å². The predicted octanol–water partition coefficient (Wildman–Crippen LogP) is 3.94. The number of rotatable bonds is 4. The lowest BCUT2D eigenvalue weighted by Crippen LogP contribution is -2.24. The number of benzene rings is 2. The lowest BCUT2D eigenvalue weighted by atomic mass is 10.1. The van der Waals surface area contributed by atoms with Crippen molar-refractivity contribution in [1.82, 2.24) is 0 Å². The molecule has 7 heteroatoms. The second kappa shape index (κ2) is 7.58. The topological polar surface area (TPSA) is 52.7 Å². The van der Waals surface area contributed by atoms with Crippen LogP contribution in [-0.4, -0.2) is 31.4 Å². The van der Waals surface area contributed by atoms with E-state index in [0.29, 0.717) is 37.3 Å². The molecule has 0 saturated carbocycles. The smallest absolute Gasteiger partial charge is 0.255 e. The van der Waals surface area contributed by atoms with Gasteiger partial charge in [-0.25, -0.2) is 8.78 Å². The average molecular weight is 385 g/mol. The van der Waals surface area contributed by atoms with Crippen LogP contribution in [0.15, 0.2) is 36.4 Å². The summed E-state index contributed by atoms with van der Waals surface area (Å²) in [6, 6.07) is 8.96. The number of carbonyl (C=O) groups is 2. The van der Waals surface area contributed by atoms with E-state index in [0.717, 1.165) is 31.4 Å². The van der Waals surface area contributed by atoms with Crippen LogP contribution in [0.1, 0.15) is 36.0 Å². The van der Waals surface area contributed by atoms with Gasteiger partial charge in [-0.2, -0.15) is 0 Å². The quantitative estimate of drug-likeness (QED) is 0.867. The molecule has 28 heavy (non-hydrogen) atoms. The Labute approximate surface area is 161 Å². The highest BCUT2D eigenvalue weighted by Gasteiger charge is 2.23. The molecule has 2 aliphatic rings. The molecule has 2 saturated heterocycles. The van der Waals surface area contributed by atoms with Crippen molar-refractivity contribution in [2.24, 2.45) is 0 Å². The highest BCUT2D eigenvalue weighted by Crippen LogP contribution is 2.30. The molecule has 2 heterocycles. The third-order valence-corrected chi connectivity index (χ3v) is 5.19. The molecule has 4 rings (SSSR count). The fourth-order valence-corrected chi connectivity index (χ4v) is 3.82. The van der Waals surface area contributed by atoms with Crippen LogP contribution in [-0.2, 0) is 4.79 Å². The van der Waals surface area contributed by atoms with Crippen LogP contribution in [0.5, 0.6) is 0 Å². The Morgan fingerprint density at radius 2 is 1.68 bits per heavy atom. The SMILES string of the molecule is O=C(Nc1cc(F)c(N2CCCC2)c(F)c1)c1cccc(N2CCCC2=O)c1. The van der Waals surface area contributed by atoms with Crippen molar-refractivity contribution in [3.05, 3.63) is 53.6 Å². The molecule has 0 bridgehead atoms. The Morgan fingerprint density at radius 3 is 2.32 bits per heavy atom. The molecule has 0 aliphatic carbocycles. The van der Waals surface area contributed by atoms with Gasteiger partial charge in [0.25, 0.3) is 5.91 Å². The number of hydrogen-bond acceptors (Lipinski definition) is 3. The van der Waals surface area contributed by atoms with Crippen LogP contribution in [0.25, 0.3) is 0 Å². The van der Waals surface area contributed by atoms with Crippen molar-refractivity contribution in [3.8, 4) is 0 Å². The Bertz CT molecular complexity index is 903. The number of hydrogen-bond donors (Lipinski definition) is 1. The Hall–Kier alpha value is -2.96. The summed E-state index contributed by atoms with van der Waals surface area (Å²) in [5.41, 5.74) is 0.995. The molecule has 146 valence electrons. The molecule has 0 aromatic heterocycles. The van der Waals surface area contributed by atoms with Gasteiger partial charge in [-0.1, -0.05) is 6.07 Å². The molecule has 0 radical (unpaired) electrons. The zero-order valence-corrected chi connectivity index (χ0v) is 15.4. The van der Waals surface area contributed by atoms with E-state index in [-0.39, 0.29) is 17.3 Å². The van der Waals surface area contributed by atoms with E-state index >= 15 is 0 Å². The number of carbonyl (C=O) groups excluding carboxylic acids is 2. The molecular formula is C21H21F2N3O2. The molecule has 2 aromatic carbocycles. The van der Waals surface area contributed by atoms with Crippen LogP contribution in [0.2, 0.25) is 0 Å². The summed E-state index contributed by atoms with van der Waals surface area (Å²) >= 11 is 0. The van der Waals surface area contributed by atoms with Crippen molar-refractivity contribution in [2.45, 2.75) is 25.7 Å². The van der Waals surface area contributed by atoms with Gasteiger partial charge >= 0.3 is 0 Å². The number of halogens is 2. The third-order valence-electron chi connectivity index (χ3n) is 5.19. The summed E-state index contributed by atoms with van der Waals surface area (Å²) in [5, 5.41) is 2.55. The molecular weight excluding hydrogens is 364 g/mol. The van der Waals surface area contributed by atoms with E-state index in [2.05, 4.69) is 5.32 Å². The molecule has 2 fully saturated rings. The first-order valence-electron chi connectivity index (χ1n) is 9.49. The molecule has 0 atom stereocenters.